The van der Waals surface area contributed by atoms with E-state index < -0.39 is 0 Å². The number of nitrogens with zero attached hydrogens (tertiary/aromatic N) is 2. The van der Waals surface area contributed by atoms with Gasteiger partial charge >= 0.3 is 0 Å². The minimum absolute atomic E-state index is 0.133. The Balaban J connectivity index is 1.89. The molecule has 0 spiro atoms. The van der Waals surface area contributed by atoms with E-state index in [1.807, 2.05) is 6.26 Å². The molecule has 1 saturated heterocycles. The number of furan rings is 1. The molecule has 21 heavy (non-hydrogen) atoms. The van der Waals surface area contributed by atoms with E-state index in [0.717, 1.165) is 18.8 Å². The number of piperidine rings is 1. The van der Waals surface area contributed by atoms with Crippen molar-refractivity contribution < 1.29 is 4.42 Å². The highest BCUT2D eigenvalue weighted by molar-refractivity contribution is 5.17. The predicted molar refractivity (Wildman–Crippen MR) is 87.3 cm³/mol. The Kier molecular flexibility index (Phi) is 5.47. The maximum absolute atomic E-state index is 5.72. The Labute approximate surface area is 129 Å². The van der Waals surface area contributed by atoms with Gasteiger partial charge in [0.1, 0.15) is 5.76 Å². The zero-order valence-corrected chi connectivity index (χ0v) is 14.3. The van der Waals surface area contributed by atoms with Crippen molar-refractivity contribution in [2.24, 2.45) is 0 Å². The first-order chi connectivity index (χ1) is 9.85. The monoisotopic (exact) mass is 293 g/mol. The van der Waals surface area contributed by atoms with Crippen molar-refractivity contribution >= 4 is 0 Å². The molecule has 120 valence electrons. The topological polar surface area (TPSA) is 31.6 Å². The summed E-state index contributed by atoms with van der Waals surface area (Å²) in [5.74, 6) is 1.10. The van der Waals surface area contributed by atoms with Crippen molar-refractivity contribution in [1.82, 2.24) is 15.1 Å². The maximum Gasteiger partial charge on any atom is 0.122 e. The summed E-state index contributed by atoms with van der Waals surface area (Å²) in [6.07, 6.45) is 4.32. The number of rotatable bonds is 5. The van der Waals surface area contributed by atoms with Gasteiger partial charge in [0.25, 0.3) is 0 Å². The number of nitrogens with one attached hydrogen (secondary N) is 1. The summed E-state index contributed by atoms with van der Waals surface area (Å²) in [6, 6.07) is 2.77. The molecule has 1 aromatic rings. The highest BCUT2D eigenvalue weighted by Gasteiger charge is 2.22. The number of hydrogen-bond acceptors (Lipinski definition) is 4. The van der Waals surface area contributed by atoms with Crippen LogP contribution in [0, 0.1) is 0 Å². The highest BCUT2D eigenvalue weighted by atomic mass is 16.3. The van der Waals surface area contributed by atoms with Crippen LogP contribution in [0.4, 0.5) is 0 Å². The van der Waals surface area contributed by atoms with E-state index in [0.29, 0.717) is 6.04 Å². The zero-order valence-electron chi connectivity index (χ0n) is 14.3. The third-order valence-corrected chi connectivity index (χ3v) is 4.35. The van der Waals surface area contributed by atoms with E-state index in [1.54, 1.807) is 0 Å². The van der Waals surface area contributed by atoms with Gasteiger partial charge in [-0.25, -0.2) is 0 Å². The van der Waals surface area contributed by atoms with E-state index in [1.165, 1.54) is 31.5 Å². The summed E-state index contributed by atoms with van der Waals surface area (Å²) in [5, 5.41) is 3.54. The average Bonchev–Trinajstić information content (AvgIpc) is 2.83. The molecule has 0 aromatic carbocycles. The standard InChI is InChI=1S/C17H31N3O/c1-17(2,3)18-12-14-8-11-21-16(14)13-20(5)15-6-9-19(4)10-7-15/h8,11,15,18H,6-7,9-10,12-13H2,1-5H3. The second-order valence-corrected chi connectivity index (χ2v) is 7.42. The van der Waals surface area contributed by atoms with Crippen molar-refractivity contribution in [3.63, 3.8) is 0 Å². The Bertz CT molecular complexity index is 427. The molecule has 0 saturated carbocycles. The third kappa shape index (κ3) is 5.13. The smallest absolute Gasteiger partial charge is 0.122 e. The molecule has 1 fully saturated rings. The zero-order chi connectivity index (χ0) is 15.5. The highest BCUT2D eigenvalue weighted by Crippen LogP contribution is 2.19. The largest absolute Gasteiger partial charge is 0.468 e. The van der Waals surface area contributed by atoms with Gasteiger partial charge in [-0.05, 0) is 66.9 Å². The fourth-order valence-corrected chi connectivity index (χ4v) is 2.81. The summed E-state index contributed by atoms with van der Waals surface area (Å²) in [6.45, 7) is 10.8. The number of likely N-dealkylation sites (tertiary alicyclic amines) is 1. The average molecular weight is 293 g/mol. The van der Waals surface area contributed by atoms with Gasteiger partial charge in [0.05, 0.1) is 12.8 Å². The summed E-state index contributed by atoms with van der Waals surface area (Å²) in [4.78, 5) is 4.86. The second-order valence-electron chi connectivity index (χ2n) is 7.42. The maximum atomic E-state index is 5.72. The lowest BCUT2D eigenvalue weighted by molar-refractivity contribution is 0.132. The quantitative estimate of drug-likeness (QED) is 0.904. The molecule has 4 heteroatoms. The van der Waals surface area contributed by atoms with Crippen molar-refractivity contribution in [1.29, 1.82) is 0 Å². The Hall–Kier alpha value is -0.840. The van der Waals surface area contributed by atoms with Crippen LogP contribution >= 0.6 is 0 Å². The number of hydrogen-bond donors (Lipinski definition) is 1. The van der Waals surface area contributed by atoms with Crippen molar-refractivity contribution in [2.75, 3.05) is 27.2 Å². The predicted octanol–water partition coefficient (Wildman–Crippen LogP) is 2.69. The van der Waals surface area contributed by atoms with Gasteiger partial charge in [-0.15, -0.1) is 0 Å². The van der Waals surface area contributed by atoms with Gasteiger partial charge in [0.2, 0.25) is 0 Å². The molecule has 1 aliphatic heterocycles. The van der Waals surface area contributed by atoms with Crippen LogP contribution in [0.2, 0.25) is 0 Å². The fraction of sp³-hybridized carbons (Fsp3) is 0.765. The van der Waals surface area contributed by atoms with Crippen LogP contribution in [0.1, 0.15) is 44.9 Å². The molecule has 0 radical (unpaired) electrons. The molecule has 0 bridgehead atoms. The van der Waals surface area contributed by atoms with Crippen LogP contribution in [0.15, 0.2) is 16.7 Å². The van der Waals surface area contributed by atoms with Crippen molar-refractivity contribution in [3.8, 4) is 0 Å². The summed E-state index contributed by atoms with van der Waals surface area (Å²) >= 11 is 0. The van der Waals surface area contributed by atoms with Crippen LogP contribution in [-0.4, -0.2) is 48.6 Å². The molecule has 2 rings (SSSR count). The first kappa shape index (κ1) is 16.5. The molecule has 4 nitrogen and oxygen atoms in total. The fourth-order valence-electron chi connectivity index (χ4n) is 2.81. The van der Waals surface area contributed by atoms with Gasteiger partial charge in [-0.3, -0.25) is 4.90 Å². The van der Waals surface area contributed by atoms with Crippen LogP contribution in [0.3, 0.4) is 0 Å². The Morgan fingerprint density at radius 2 is 2.00 bits per heavy atom. The van der Waals surface area contributed by atoms with Crippen LogP contribution in [0.25, 0.3) is 0 Å². The summed E-state index contributed by atoms with van der Waals surface area (Å²) < 4.78 is 5.72. The van der Waals surface area contributed by atoms with Gasteiger partial charge in [-0.1, -0.05) is 0 Å². The minimum atomic E-state index is 0.133. The lowest BCUT2D eigenvalue weighted by atomic mass is 10.0. The first-order valence-electron chi connectivity index (χ1n) is 8.04. The summed E-state index contributed by atoms with van der Waals surface area (Å²) in [5.41, 5.74) is 1.42. The second kappa shape index (κ2) is 6.95. The Morgan fingerprint density at radius 1 is 1.33 bits per heavy atom. The van der Waals surface area contributed by atoms with E-state index in [4.69, 9.17) is 4.42 Å². The lowest BCUT2D eigenvalue weighted by Gasteiger charge is -2.34. The molecule has 2 heterocycles. The van der Waals surface area contributed by atoms with E-state index in [-0.39, 0.29) is 5.54 Å². The molecular weight excluding hydrogens is 262 g/mol. The van der Waals surface area contributed by atoms with Crippen molar-refractivity contribution in [2.45, 2.75) is 58.3 Å². The van der Waals surface area contributed by atoms with Gasteiger partial charge < -0.3 is 14.6 Å². The van der Waals surface area contributed by atoms with Crippen LogP contribution in [-0.2, 0) is 13.1 Å². The first-order valence-corrected chi connectivity index (χ1v) is 8.04. The molecule has 1 N–H and O–H groups in total. The van der Waals surface area contributed by atoms with Gasteiger partial charge in [-0.2, -0.15) is 0 Å². The molecule has 1 aliphatic rings. The van der Waals surface area contributed by atoms with Crippen LogP contribution in [0.5, 0.6) is 0 Å². The lowest BCUT2D eigenvalue weighted by Crippen LogP contribution is -2.41. The van der Waals surface area contributed by atoms with E-state index in [2.05, 4.69) is 56.0 Å². The van der Waals surface area contributed by atoms with E-state index >= 15 is 0 Å². The summed E-state index contributed by atoms with van der Waals surface area (Å²) in [7, 11) is 4.43. The molecular formula is C17H31N3O. The SMILES string of the molecule is CN1CCC(N(C)Cc2occc2CNC(C)(C)C)CC1. The van der Waals surface area contributed by atoms with E-state index in [9.17, 15) is 0 Å². The Morgan fingerprint density at radius 3 is 2.62 bits per heavy atom. The molecule has 0 unspecified atom stereocenters. The molecule has 0 atom stereocenters. The van der Waals surface area contributed by atoms with Crippen LogP contribution < -0.4 is 5.32 Å². The minimum Gasteiger partial charge on any atom is -0.468 e. The third-order valence-electron chi connectivity index (χ3n) is 4.35. The van der Waals surface area contributed by atoms with Gasteiger partial charge in [0, 0.05) is 23.7 Å². The molecule has 0 aliphatic carbocycles. The van der Waals surface area contributed by atoms with Gasteiger partial charge in [0.15, 0.2) is 0 Å². The van der Waals surface area contributed by atoms with Crippen molar-refractivity contribution in [3.05, 3.63) is 23.7 Å². The molecule has 1 aromatic heterocycles. The normalized spacial score (nSPS) is 18.6. The molecule has 0 amide bonds.